The van der Waals surface area contributed by atoms with Crippen molar-refractivity contribution in [3.63, 3.8) is 0 Å². The zero-order chi connectivity index (χ0) is 20.3. The molecule has 4 nitrogen and oxygen atoms in total. The maximum atomic E-state index is 12.6. The third-order valence-electron chi connectivity index (χ3n) is 4.55. The molecule has 3 rings (SSSR count). The Morgan fingerprint density at radius 1 is 1.29 bits per heavy atom. The van der Waals surface area contributed by atoms with Gasteiger partial charge in [0.05, 0.1) is 18.9 Å². The molecule has 1 heterocycles. The largest absolute Gasteiger partial charge is 0.497 e. The molecular weight excluding hydrogens is 417 g/mol. The Labute approximate surface area is 179 Å². The number of fused-ring (bicyclic) bond motifs is 1. The number of ether oxygens (including phenoxy) is 2. The normalized spacial score (nSPS) is 17.4. The average Bonchev–Trinajstić information content (AvgIpc) is 2.62. The summed E-state index contributed by atoms with van der Waals surface area (Å²) in [5.74, 6) is 2.35. The fraction of sp³-hybridized carbons (Fsp3) is 0.381. The number of rotatable bonds is 6. The number of methoxy groups -OCH3 is 1. The van der Waals surface area contributed by atoms with Crippen LogP contribution in [0, 0.1) is 0 Å². The summed E-state index contributed by atoms with van der Waals surface area (Å²) in [5.41, 5.74) is 1.44. The molecule has 28 heavy (non-hydrogen) atoms. The highest BCUT2D eigenvalue weighted by Crippen LogP contribution is 2.41. The van der Waals surface area contributed by atoms with Gasteiger partial charge in [0.15, 0.2) is 0 Å². The molecule has 1 aliphatic rings. The van der Waals surface area contributed by atoms with Gasteiger partial charge >= 0.3 is 0 Å². The number of carbonyl (C=O) groups is 1. The maximum absolute atomic E-state index is 12.6. The first-order valence-corrected chi connectivity index (χ1v) is 10.9. The number of thioether (sulfide) groups is 1. The van der Waals surface area contributed by atoms with Crippen LogP contribution in [-0.2, 0) is 10.5 Å². The summed E-state index contributed by atoms with van der Waals surface area (Å²) in [6, 6.07) is 11.0. The fourth-order valence-corrected chi connectivity index (χ4v) is 4.82. The summed E-state index contributed by atoms with van der Waals surface area (Å²) in [4.78, 5) is 12.6. The molecule has 1 atom stereocenters. The van der Waals surface area contributed by atoms with E-state index in [1.165, 1.54) is 11.8 Å². The number of halogens is 2. The smallest absolute Gasteiger partial charge is 0.230 e. The van der Waals surface area contributed by atoms with Crippen LogP contribution in [0.25, 0.3) is 0 Å². The van der Waals surface area contributed by atoms with E-state index in [2.05, 4.69) is 5.32 Å². The van der Waals surface area contributed by atoms with Crippen LogP contribution in [0.15, 0.2) is 36.4 Å². The third kappa shape index (κ3) is 5.07. The van der Waals surface area contributed by atoms with Crippen molar-refractivity contribution in [2.75, 3.05) is 12.9 Å². The lowest BCUT2D eigenvalue weighted by Crippen LogP contribution is -2.41. The molecule has 0 aliphatic carbocycles. The molecule has 0 spiro atoms. The van der Waals surface area contributed by atoms with Gasteiger partial charge in [0.25, 0.3) is 0 Å². The topological polar surface area (TPSA) is 47.6 Å². The zero-order valence-electron chi connectivity index (χ0n) is 16.1. The van der Waals surface area contributed by atoms with Crippen LogP contribution < -0.4 is 14.8 Å². The van der Waals surface area contributed by atoms with Gasteiger partial charge in [-0.15, -0.1) is 11.8 Å². The van der Waals surface area contributed by atoms with E-state index in [1.54, 1.807) is 19.2 Å². The minimum Gasteiger partial charge on any atom is -0.497 e. The lowest BCUT2D eigenvalue weighted by atomic mass is 9.89. The second-order valence-electron chi connectivity index (χ2n) is 7.28. The van der Waals surface area contributed by atoms with Gasteiger partial charge in [-0.05, 0) is 43.7 Å². The van der Waals surface area contributed by atoms with Crippen LogP contribution in [0.3, 0.4) is 0 Å². The molecule has 0 fully saturated rings. The summed E-state index contributed by atoms with van der Waals surface area (Å²) >= 11 is 13.9. The number of nitrogens with one attached hydrogen (secondary N) is 1. The molecule has 0 saturated heterocycles. The van der Waals surface area contributed by atoms with Gasteiger partial charge in [0.2, 0.25) is 5.91 Å². The lowest BCUT2D eigenvalue weighted by molar-refractivity contribution is -0.119. The number of carbonyl (C=O) groups excluding carboxylic acids is 1. The SMILES string of the molecule is COc1ccc2c(c1)OC(C)(C)C[C@@H]2NC(=O)CSCc1c(Cl)cccc1Cl. The van der Waals surface area contributed by atoms with Crippen molar-refractivity contribution in [2.45, 2.75) is 37.7 Å². The fourth-order valence-electron chi connectivity index (χ4n) is 3.24. The molecular formula is C21H23Cl2NO3S. The molecule has 7 heteroatoms. The summed E-state index contributed by atoms with van der Waals surface area (Å²) in [6.45, 7) is 4.03. The van der Waals surface area contributed by atoms with Gasteiger partial charge in [-0.2, -0.15) is 0 Å². The molecule has 0 unspecified atom stereocenters. The molecule has 150 valence electrons. The van der Waals surface area contributed by atoms with E-state index in [-0.39, 0.29) is 17.6 Å². The lowest BCUT2D eigenvalue weighted by Gasteiger charge is -2.38. The van der Waals surface area contributed by atoms with Crippen LogP contribution in [0.5, 0.6) is 11.5 Å². The maximum Gasteiger partial charge on any atom is 0.230 e. The predicted molar refractivity (Wildman–Crippen MR) is 116 cm³/mol. The highest BCUT2D eigenvalue weighted by molar-refractivity contribution is 7.99. The molecule has 0 aromatic heterocycles. The van der Waals surface area contributed by atoms with Crippen LogP contribution in [0.4, 0.5) is 0 Å². The Bertz CT molecular complexity index is 852. The van der Waals surface area contributed by atoms with E-state index in [1.807, 2.05) is 38.1 Å². The average molecular weight is 440 g/mol. The second kappa shape index (κ2) is 8.85. The standard InChI is InChI=1S/C21H23Cl2NO3S/c1-21(2)10-18(14-8-7-13(26-3)9-19(14)27-21)24-20(25)12-28-11-15-16(22)5-4-6-17(15)23/h4-9,18H,10-12H2,1-3H3,(H,24,25)/t18-/m0/s1. The monoisotopic (exact) mass is 439 g/mol. The van der Waals surface area contributed by atoms with E-state index in [9.17, 15) is 4.79 Å². The highest BCUT2D eigenvalue weighted by atomic mass is 35.5. The van der Waals surface area contributed by atoms with Gasteiger partial charge in [0.1, 0.15) is 17.1 Å². The van der Waals surface area contributed by atoms with Crippen molar-refractivity contribution >= 4 is 40.9 Å². The second-order valence-corrected chi connectivity index (χ2v) is 9.08. The number of hydrogen-bond donors (Lipinski definition) is 1. The molecule has 1 amide bonds. The van der Waals surface area contributed by atoms with Crippen LogP contribution in [0.1, 0.15) is 37.4 Å². The van der Waals surface area contributed by atoms with Gasteiger partial charge in [-0.3, -0.25) is 4.79 Å². The van der Waals surface area contributed by atoms with Crippen molar-refractivity contribution < 1.29 is 14.3 Å². The molecule has 2 aromatic rings. The molecule has 0 bridgehead atoms. The van der Waals surface area contributed by atoms with Crippen molar-refractivity contribution in [2.24, 2.45) is 0 Å². The predicted octanol–water partition coefficient (Wildman–Crippen LogP) is 5.65. The van der Waals surface area contributed by atoms with Gasteiger partial charge in [0, 0.05) is 33.8 Å². The van der Waals surface area contributed by atoms with E-state index < -0.39 is 0 Å². The zero-order valence-corrected chi connectivity index (χ0v) is 18.4. The van der Waals surface area contributed by atoms with Crippen LogP contribution in [-0.4, -0.2) is 24.4 Å². The van der Waals surface area contributed by atoms with Crippen molar-refractivity contribution in [3.8, 4) is 11.5 Å². The number of benzene rings is 2. The number of hydrogen-bond acceptors (Lipinski definition) is 4. The Balaban J connectivity index is 1.64. The molecule has 0 saturated carbocycles. The van der Waals surface area contributed by atoms with Crippen molar-refractivity contribution in [1.29, 1.82) is 0 Å². The minimum absolute atomic E-state index is 0.0300. The summed E-state index contributed by atoms with van der Waals surface area (Å²) in [5, 5.41) is 4.38. The minimum atomic E-state index is -0.379. The van der Waals surface area contributed by atoms with E-state index >= 15 is 0 Å². The van der Waals surface area contributed by atoms with Crippen molar-refractivity contribution in [3.05, 3.63) is 57.6 Å². The Morgan fingerprint density at radius 2 is 2.00 bits per heavy atom. The van der Waals surface area contributed by atoms with Gasteiger partial charge in [-0.1, -0.05) is 29.3 Å². The summed E-state index contributed by atoms with van der Waals surface area (Å²) in [7, 11) is 1.62. The summed E-state index contributed by atoms with van der Waals surface area (Å²) < 4.78 is 11.4. The van der Waals surface area contributed by atoms with Crippen LogP contribution >= 0.6 is 35.0 Å². The van der Waals surface area contributed by atoms with E-state index in [0.717, 1.165) is 22.6 Å². The van der Waals surface area contributed by atoms with Gasteiger partial charge < -0.3 is 14.8 Å². The van der Waals surface area contributed by atoms with Crippen LogP contribution in [0.2, 0.25) is 10.0 Å². The first-order valence-electron chi connectivity index (χ1n) is 8.96. The Hall–Kier alpha value is -1.56. The highest BCUT2D eigenvalue weighted by Gasteiger charge is 2.34. The quantitative estimate of drug-likeness (QED) is 0.630. The summed E-state index contributed by atoms with van der Waals surface area (Å²) in [6.07, 6.45) is 0.694. The Kier molecular flexibility index (Phi) is 6.69. The molecule has 1 aliphatic heterocycles. The van der Waals surface area contributed by atoms with Gasteiger partial charge in [-0.25, -0.2) is 0 Å². The first kappa shape index (κ1) is 21.2. The van der Waals surface area contributed by atoms with Crippen molar-refractivity contribution in [1.82, 2.24) is 5.32 Å². The first-order chi connectivity index (χ1) is 13.3. The number of amides is 1. The van der Waals surface area contributed by atoms with E-state index in [0.29, 0.717) is 28.0 Å². The third-order valence-corrected chi connectivity index (χ3v) is 6.22. The van der Waals surface area contributed by atoms with E-state index in [4.69, 9.17) is 32.7 Å². The molecule has 2 aromatic carbocycles. The Morgan fingerprint density at radius 3 is 2.68 bits per heavy atom. The molecule has 1 N–H and O–H groups in total. The molecule has 0 radical (unpaired) electrons.